The van der Waals surface area contributed by atoms with Crippen LogP contribution in [0.1, 0.15) is 6.42 Å². The molecule has 2 aliphatic heterocycles. The topological polar surface area (TPSA) is 70.6 Å². The summed E-state index contributed by atoms with van der Waals surface area (Å²) < 4.78 is 20.0. The summed E-state index contributed by atoms with van der Waals surface area (Å²) >= 11 is 0. The van der Waals surface area contributed by atoms with E-state index in [9.17, 15) is 14.3 Å². The van der Waals surface area contributed by atoms with Crippen LogP contribution in [-0.4, -0.2) is 61.4 Å². The van der Waals surface area contributed by atoms with Crippen molar-refractivity contribution >= 4 is 19.2 Å². The van der Waals surface area contributed by atoms with Crippen LogP contribution in [0.5, 0.6) is 0 Å². The maximum absolute atomic E-state index is 14.3. The lowest BCUT2D eigenvalue weighted by molar-refractivity contribution is 0.0199. The SMILES string of the molecule is C=C1NC(=O)NC=C1[C@@H]1O[C@H](CCP(=C)(C)C)[C@@H](O)C1F. The maximum Gasteiger partial charge on any atom is 0.323 e. The van der Waals surface area contributed by atoms with Crippen LogP contribution in [0, 0.1) is 0 Å². The summed E-state index contributed by atoms with van der Waals surface area (Å²) in [5.74, 6) is 0. The van der Waals surface area contributed by atoms with E-state index in [4.69, 9.17) is 4.74 Å². The zero-order valence-electron chi connectivity index (χ0n) is 12.3. The second-order valence-corrected chi connectivity index (χ2v) is 10.5. The van der Waals surface area contributed by atoms with Crippen molar-refractivity contribution in [1.29, 1.82) is 0 Å². The summed E-state index contributed by atoms with van der Waals surface area (Å²) in [6.07, 6.45) is 2.69. The Kier molecular flexibility index (Phi) is 4.61. The van der Waals surface area contributed by atoms with Gasteiger partial charge in [0.05, 0.1) is 6.10 Å². The number of alkyl halides is 1. The average Bonchev–Trinajstić information content (AvgIpc) is 2.64. The van der Waals surface area contributed by atoms with Gasteiger partial charge >= 0.3 is 6.03 Å². The first-order valence-corrected chi connectivity index (χ1v) is 9.86. The lowest BCUT2D eigenvalue weighted by Crippen LogP contribution is -2.41. The molecular formula is C14H22FN2O3P. The number of carbonyl (C=O) groups excluding carboxylic acids is 1. The van der Waals surface area contributed by atoms with E-state index >= 15 is 0 Å². The number of ether oxygens (including phenoxy) is 1. The lowest BCUT2D eigenvalue weighted by Gasteiger charge is -2.23. The highest BCUT2D eigenvalue weighted by molar-refractivity contribution is 7.72. The van der Waals surface area contributed by atoms with Gasteiger partial charge in [0.25, 0.3) is 0 Å². The van der Waals surface area contributed by atoms with Crippen molar-refractivity contribution in [2.45, 2.75) is 30.9 Å². The Balaban J connectivity index is 2.08. The fourth-order valence-electron chi connectivity index (χ4n) is 2.42. The summed E-state index contributed by atoms with van der Waals surface area (Å²) in [5, 5.41) is 14.9. The molecule has 0 spiro atoms. The van der Waals surface area contributed by atoms with Gasteiger partial charge in [0, 0.05) is 17.5 Å². The van der Waals surface area contributed by atoms with Crippen LogP contribution in [0.15, 0.2) is 24.0 Å². The van der Waals surface area contributed by atoms with Crippen molar-refractivity contribution in [3.8, 4) is 0 Å². The molecule has 21 heavy (non-hydrogen) atoms. The van der Waals surface area contributed by atoms with E-state index in [1.807, 2.05) is 0 Å². The molecule has 0 aromatic heterocycles. The summed E-state index contributed by atoms with van der Waals surface area (Å²) in [6.45, 7) is 6.61. The van der Waals surface area contributed by atoms with Gasteiger partial charge in [-0.05, 0) is 25.9 Å². The fraction of sp³-hybridized carbons (Fsp3) is 0.571. The van der Waals surface area contributed by atoms with Gasteiger partial charge in [-0.25, -0.2) is 9.18 Å². The van der Waals surface area contributed by atoms with E-state index < -0.39 is 37.4 Å². The number of nitrogens with one attached hydrogen (secondary N) is 2. The highest BCUT2D eigenvalue weighted by Crippen LogP contribution is 2.39. The van der Waals surface area contributed by atoms with Gasteiger partial charge in [0.2, 0.25) is 0 Å². The Hall–Kier alpha value is -1.10. The first-order chi connectivity index (χ1) is 9.69. The zero-order valence-corrected chi connectivity index (χ0v) is 13.2. The predicted octanol–water partition coefficient (Wildman–Crippen LogP) is 1.26. The van der Waals surface area contributed by atoms with Crippen molar-refractivity contribution < 1.29 is 19.0 Å². The smallest absolute Gasteiger partial charge is 0.323 e. The van der Waals surface area contributed by atoms with Crippen LogP contribution in [0.2, 0.25) is 0 Å². The van der Waals surface area contributed by atoms with E-state index in [2.05, 4.69) is 36.8 Å². The molecule has 118 valence electrons. The highest BCUT2D eigenvalue weighted by atomic mass is 31.2. The molecule has 0 aliphatic carbocycles. The normalized spacial score (nSPS) is 33.4. The molecule has 2 amide bonds. The molecule has 0 saturated carbocycles. The zero-order chi connectivity index (χ0) is 15.8. The largest absolute Gasteiger partial charge is 0.387 e. The summed E-state index contributed by atoms with van der Waals surface area (Å²) in [5.41, 5.74) is 0.719. The number of amides is 2. The molecule has 5 nitrogen and oxygen atoms in total. The lowest BCUT2D eigenvalue weighted by atomic mass is 10.00. The van der Waals surface area contributed by atoms with Crippen molar-refractivity contribution in [2.75, 3.05) is 19.5 Å². The van der Waals surface area contributed by atoms with Crippen LogP contribution in [-0.2, 0) is 4.74 Å². The Morgan fingerprint density at radius 2 is 2.19 bits per heavy atom. The molecule has 2 aliphatic rings. The van der Waals surface area contributed by atoms with Crippen molar-refractivity contribution in [3.05, 3.63) is 24.0 Å². The van der Waals surface area contributed by atoms with Crippen LogP contribution in [0.25, 0.3) is 0 Å². The van der Waals surface area contributed by atoms with E-state index in [0.717, 1.165) is 6.16 Å². The first-order valence-electron chi connectivity index (χ1n) is 6.81. The standard InChI is InChI=1S/C14H22FN2O3P/c1-8-9(7-16-14(19)17-8)13-11(15)12(18)10(20-13)5-6-21(2,3)4/h7,10-13,18H,1-2,5-6H2,3-4H3,(H2,16,17,19)/t10-,11?,12-,13+/m1/s1. The number of halogens is 1. The summed E-state index contributed by atoms with van der Waals surface area (Å²) in [6, 6.07) is -0.419. The Morgan fingerprint density at radius 1 is 1.52 bits per heavy atom. The number of aliphatic hydroxyl groups is 1. The number of carbonyl (C=O) groups is 1. The minimum absolute atomic E-state index is 0.296. The molecule has 1 unspecified atom stereocenters. The average molecular weight is 316 g/mol. The van der Waals surface area contributed by atoms with Gasteiger partial charge in [0.1, 0.15) is 12.2 Å². The van der Waals surface area contributed by atoms with Crippen molar-refractivity contribution in [1.82, 2.24) is 10.6 Å². The van der Waals surface area contributed by atoms with Gasteiger partial charge in [0.15, 0.2) is 6.17 Å². The molecule has 2 heterocycles. The van der Waals surface area contributed by atoms with Crippen LogP contribution in [0.3, 0.4) is 0 Å². The van der Waals surface area contributed by atoms with E-state index in [1.165, 1.54) is 6.20 Å². The van der Waals surface area contributed by atoms with E-state index in [1.54, 1.807) is 0 Å². The van der Waals surface area contributed by atoms with Crippen LogP contribution in [0.4, 0.5) is 9.18 Å². The molecule has 1 fully saturated rings. The molecule has 4 atom stereocenters. The van der Waals surface area contributed by atoms with Crippen LogP contribution >= 0.6 is 6.89 Å². The Labute approximate surface area is 124 Å². The number of hydrogen-bond acceptors (Lipinski definition) is 3. The summed E-state index contributed by atoms with van der Waals surface area (Å²) in [4.78, 5) is 11.1. The molecule has 0 bridgehead atoms. The molecule has 2 rings (SSSR count). The van der Waals surface area contributed by atoms with E-state index in [-0.39, 0.29) is 0 Å². The Bertz CT molecular complexity index is 528. The molecular weight excluding hydrogens is 294 g/mol. The quantitative estimate of drug-likeness (QED) is 0.684. The second kappa shape index (κ2) is 5.95. The third kappa shape index (κ3) is 3.76. The number of urea groups is 1. The van der Waals surface area contributed by atoms with Crippen molar-refractivity contribution in [3.63, 3.8) is 0 Å². The van der Waals surface area contributed by atoms with Gasteiger partial charge < -0.3 is 20.5 Å². The third-order valence-corrected chi connectivity index (χ3v) is 5.08. The number of hydrogen-bond donors (Lipinski definition) is 3. The molecule has 7 heteroatoms. The molecule has 0 radical (unpaired) electrons. The van der Waals surface area contributed by atoms with Gasteiger partial charge in [-0.2, -0.15) is 0 Å². The van der Waals surface area contributed by atoms with Gasteiger partial charge in [-0.15, -0.1) is 13.2 Å². The summed E-state index contributed by atoms with van der Waals surface area (Å²) in [7, 11) is 0. The van der Waals surface area contributed by atoms with Gasteiger partial charge in [-0.1, -0.05) is 6.58 Å². The molecule has 1 saturated heterocycles. The second-order valence-electron chi connectivity index (χ2n) is 6.15. The minimum atomic E-state index is -1.54. The highest BCUT2D eigenvalue weighted by Gasteiger charge is 2.46. The van der Waals surface area contributed by atoms with E-state index in [0.29, 0.717) is 17.7 Å². The number of rotatable bonds is 4. The van der Waals surface area contributed by atoms with Crippen molar-refractivity contribution in [2.24, 2.45) is 0 Å². The fourth-order valence-corrected chi connectivity index (χ4v) is 3.37. The van der Waals surface area contributed by atoms with Crippen LogP contribution < -0.4 is 10.6 Å². The minimum Gasteiger partial charge on any atom is -0.387 e. The molecule has 0 aromatic rings. The number of aliphatic hydroxyl groups excluding tert-OH is 1. The molecule has 3 N–H and O–H groups in total. The first kappa shape index (κ1) is 16.3. The van der Waals surface area contributed by atoms with Gasteiger partial charge in [-0.3, -0.25) is 0 Å². The third-order valence-electron chi connectivity index (χ3n) is 3.61. The maximum atomic E-state index is 14.3. The monoisotopic (exact) mass is 316 g/mol. The predicted molar refractivity (Wildman–Crippen MR) is 83.8 cm³/mol. The Morgan fingerprint density at radius 3 is 2.76 bits per heavy atom. The molecule has 0 aromatic carbocycles.